The number of ether oxygens (including phenoxy) is 2. The van der Waals surface area contributed by atoms with Crippen LogP contribution in [0.5, 0.6) is 11.5 Å². The molecule has 0 saturated carbocycles. The van der Waals surface area contributed by atoms with Gasteiger partial charge in [0.05, 0.1) is 0 Å². The van der Waals surface area contributed by atoms with Crippen LogP contribution in [0.25, 0.3) is 0 Å². The van der Waals surface area contributed by atoms with E-state index in [4.69, 9.17) is 9.47 Å². The van der Waals surface area contributed by atoms with E-state index < -0.39 is 0 Å². The van der Waals surface area contributed by atoms with E-state index in [-0.39, 0.29) is 18.6 Å². The van der Waals surface area contributed by atoms with Crippen LogP contribution < -0.4 is 25.0 Å². The minimum atomic E-state index is -0.224. The van der Waals surface area contributed by atoms with Crippen LogP contribution in [-0.2, 0) is 6.42 Å². The van der Waals surface area contributed by atoms with Crippen molar-refractivity contribution in [3.8, 4) is 11.5 Å². The van der Waals surface area contributed by atoms with Gasteiger partial charge in [-0.3, -0.25) is 0 Å². The van der Waals surface area contributed by atoms with Gasteiger partial charge in [0.25, 0.3) is 0 Å². The Balaban J connectivity index is 1.15. The van der Waals surface area contributed by atoms with Crippen LogP contribution in [0.2, 0.25) is 0 Å². The molecule has 2 aliphatic rings. The van der Waals surface area contributed by atoms with Gasteiger partial charge in [-0.1, -0.05) is 6.07 Å². The number of carbonyl (C=O) groups excluding carboxylic acids is 1. The molecule has 0 aromatic heterocycles. The number of amides is 2. The molecule has 7 heteroatoms. The second-order valence-corrected chi connectivity index (χ2v) is 7.15. The Morgan fingerprint density at radius 1 is 1.11 bits per heavy atom. The quantitative estimate of drug-likeness (QED) is 0.803. The van der Waals surface area contributed by atoms with Crippen LogP contribution in [0.3, 0.4) is 0 Å². The second kappa shape index (κ2) is 8.37. The van der Waals surface area contributed by atoms with Gasteiger partial charge in [0.2, 0.25) is 6.79 Å². The fraction of sp³-hybridized carbons (Fsp3) is 0.381. The van der Waals surface area contributed by atoms with Crippen LogP contribution in [-0.4, -0.2) is 39.0 Å². The zero-order valence-electron chi connectivity index (χ0n) is 15.6. The van der Waals surface area contributed by atoms with Crippen molar-refractivity contribution in [3.63, 3.8) is 0 Å². The molecule has 4 rings (SSSR count). The molecule has 2 aromatic carbocycles. The number of rotatable bonds is 6. The number of nitrogens with one attached hydrogen (secondary N) is 2. The molecule has 0 aliphatic carbocycles. The van der Waals surface area contributed by atoms with Crippen LogP contribution in [0, 0.1) is 11.7 Å². The van der Waals surface area contributed by atoms with Crippen molar-refractivity contribution >= 4 is 11.7 Å². The maximum Gasteiger partial charge on any atom is 0.314 e. The molecule has 2 heterocycles. The molecule has 2 aliphatic heterocycles. The largest absolute Gasteiger partial charge is 0.454 e. The average molecular weight is 385 g/mol. The summed E-state index contributed by atoms with van der Waals surface area (Å²) in [5.74, 6) is 1.69. The summed E-state index contributed by atoms with van der Waals surface area (Å²) in [5, 5.41) is 5.85. The van der Waals surface area contributed by atoms with Gasteiger partial charge in [0.1, 0.15) is 5.82 Å². The Kier molecular flexibility index (Phi) is 5.50. The van der Waals surface area contributed by atoms with Crippen molar-refractivity contribution in [2.45, 2.75) is 12.8 Å². The number of carbonyl (C=O) groups is 1. The summed E-state index contributed by atoms with van der Waals surface area (Å²) in [6.07, 6.45) is 1.74. The molecule has 1 atom stereocenters. The third-order valence-corrected chi connectivity index (χ3v) is 5.17. The molecule has 2 aromatic rings. The number of urea groups is 1. The molecule has 2 amide bonds. The van der Waals surface area contributed by atoms with Gasteiger partial charge >= 0.3 is 6.03 Å². The van der Waals surface area contributed by atoms with E-state index in [2.05, 4.69) is 15.5 Å². The molecule has 0 radical (unpaired) electrons. The molecule has 2 N–H and O–H groups in total. The van der Waals surface area contributed by atoms with Gasteiger partial charge in [-0.2, -0.15) is 0 Å². The topological polar surface area (TPSA) is 62.8 Å². The lowest BCUT2D eigenvalue weighted by Crippen LogP contribution is -2.39. The molecule has 28 heavy (non-hydrogen) atoms. The van der Waals surface area contributed by atoms with Crippen LogP contribution >= 0.6 is 0 Å². The first kappa shape index (κ1) is 18.4. The first-order valence-corrected chi connectivity index (χ1v) is 9.58. The Hall–Kier alpha value is -2.96. The summed E-state index contributed by atoms with van der Waals surface area (Å²) in [5.41, 5.74) is 2.12. The zero-order valence-corrected chi connectivity index (χ0v) is 15.6. The predicted molar refractivity (Wildman–Crippen MR) is 104 cm³/mol. The SMILES string of the molecule is O=C(NCCc1ccc2c(c1)OCO2)NCC1CCN(c2ccc(F)cc2)C1. The molecule has 0 bridgehead atoms. The van der Waals surface area contributed by atoms with E-state index in [1.807, 2.05) is 18.2 Å². The van der Waals surface area contributed by atoms with Crippen molar-refractivity contribution in [2.24, 2.45) is 5.92 Å². The van der Waals surface area contributed by atoms with Gasteiger partial charge < -0.3 is 25.0 Å². The van der Waals surface area contributed by atoms with Crippen LogP contribution in [0.1, 0.15) is 12.0 Å². The van der Waals surface area contributed by atoms with Gasteiger partial charge in [0.15, 0.2) is 11.5 Å². The third-order valence-electron chi connectivity index (χ3n) is 5.17. The van der Waals surface area contributed by atoms with E-state index in [0.717, 1.165) is 48.7 Å². The predicted octanol–water partition coefficient (Wildman–Crippen LogP) is 2.92. The summed E-state index contributed by atoms with van der Waals surface area (Å²) < 4.78 is 23.7. The zero-order chi connectivity index (χ0) is 19.3. The second-order valence-electron chi connectivity index (χ2n) is 7.15. The number of halogens is 1. The summed E-state index contributed by atoms with van der Waals surface area (Å²) in [4.78, 5) is 14.3. The smallest absolute Gasteiger partial charge is 0.314 e. The lowest BCUT2D eigenvalue weighted by atomic mass is 10.1. The molecule has 1 fully saturated rings. The number of benzene rings is 2. The summed E-state index contributed by atoms with van der Waals surface area (Å²) >= 11 is 0. The summed E-state index contributed by atoms with van der Waals surface area (Å²) in [6.45, 7) is 3.23. The van der Waals surface area contributed by atoms with E-state index in [9.17, 15) is 9.18 Å². The third kappa shape index (κ3) is 4.47. The Labute approximate surface area is 163 Å². The fourth-order valence-electron chi connectivity index (χ4n) is 3.60. The lowest BCUT2D eigenvalue weighted by molar-refractivity contribution is 0.174. The first-order valence-electron chi connectivity index (χ1n) is 9.58. The van der Waals surface area contributed by atoms with Crippen molar-refractivity contribution in [1.29, 1.82) is 0 Å². The normalized spacial score (nSPS) is 17.6. The van der Waals surface area contributed by atoms with Gasteiger partial charge in [-0.15, -0.1) is 0 Å². The highest BCUT2D eigenvalue weighted by atomic mass is 19.1. The van der Waals surface area contributed by atoms with Gasteiger partial charge in [-0.25, -0.2) is 9.18 Å². The number of hydrogen-bond acceptors (Lipinski definition) is 4. The molecule has 0 spiro atoms. The maximum atomic E-state index is 13.0. The standard InChI is InChI=1S/C21H24FN3O3/c22-17-2-4-18(5-3-17)25-10-8-16(13-25)12-24-21(26)23-9-7-15-1-6-19-20(11-15)28-14-27-19/h1-6,11,16H,7-10,12-14H2,(H2,23,24,26). The maximum absolute atomic E-state index is 13.0. The van der Waals surface area contributed by atoms with Crippen LogP contribution in [0.15, 0.2) is 42.5 Å². The van der Waals surface area contributed by atoms with E-state index in [1.54, 1.807) is 12.1 Å². The minimum Gasteiger partial charge on any atom is -0.454 e. The van der Waals surface area contributed by atoms with Gasteiger partial charge in [0, 0.05) is 31.9 Å². The van der Waals surface area contributed by atoms with Crippen molar-refractivity contribution in [3.05, 3.63) is 53.8 Å². The molecule has 1 saturated heterocycles. The average Bonchev–Trinajstić information content (AvgIpc) is 3.36. The highest BCUT2D eigenvalue weighted by molar-refractivity contribution is 5.73. The monoisotopic (exact) mass is 385 g/mol. The Morgan fingerprint density at radius 3 is 2.79 bits per heavy atom. The van der Waals surface area contributed by atoms with E-state index in [1.165, 1.54) is 12.1 Å². The fourth-order valence-corrected chi connectivity index (χ4v) is 3.60. The summed E-state index contributed by atoms with van der Waals surface area (Å²) in [6, 6.07) is 12.2. The molecule has 148 valence electrons. The summed E-state index contributed by atoms with van der Waals surface area (Å²) in [7, 11) is 0. The van der Waals surface area contributed by atoms with E-state index in [0.29, 0.717) is 19.0 Å². The number of anilines is 1. The van der Waals surface area contributed by atoms with Crippen molar-refractivity contribution in [1.82, 2.24) is 10.6 Å². The highest BCUT2D eigenvalue weighted by Gasteiger charge is 2.23. The molecule has 6 nitrogen and oxygen atoms in total. The number of nitrogens with zero attached hydrogens (tertiary/aromatic N) is 1. The van der Waals surface area contributed by atoms with Crippen molar-refractivity contribution in [2.75, 3.05) is 37.9 Å². The van der Waals surface area contributed by atoms with Crippen molar-refractivity contribution < 1.29 is 18.7 Å². The Morgan fingerprint density at radius 2 is 1.93 bits per heavy atom. The van der Waals surface area contributed by atoms with Crippen LogP contribution in [0.4, 0.5) is 14.9 Å². The van der Waals surface area contributed by atoms with Gasteiger partial charge in [-0.05, 0) is 60.7 Å². The number of fused-ring (bicyclic) bond motifs is 1. The first-order chi connectivity index (χ1) is 13.7. The number of hydrogen-bond donors (Lipinski definition) is 2. The lowest BCUT2D eigenvalue weighted by Gasteiger charge is -2.19. The minimum absolute atomic E-state index is 0.152. The highest BCUT2D eigenvalue weighted by Crippen LogP contribution is 2.32. The van der Waals surface area contributed by atoms with E-state index >= 15 is 0 Å². The molecular weight excluding hydrogens is 361 g/mol. The molecule has 1 unspecified atom stereocenters. The molecular formula is C21H24FN3O3. The Bertz CT molecular complexity index is 828.